The van der Waals surface area contributed by atoms with Crippen molar-refractivity contribution in [3.05, 3.63) is 29.8 Å². The summed E-state index contributed by atoms with van der Waals surface area (Å²) in [6, 6.07) is 7.52. The van der Waals surface area contributed by atoms with Crippen LogP contribution in [-0.4, -0.2) is 42.6 Å². The highest BCUT2D eigenvalue weighted by Gasteiger charge is 2.35. The molecule has 1 N–H and O–H groups in total. The minimum absolute atomic E-state index is 0.00234. The summed E-state index contributed by atoms with van der Waals surface area (Å²) in [5.74, 6) is -1.02. The van der Waals surface area contributed by atoms with Gasteiger partial charge in [-0.05, 0) is 30.5 Å². The molecule has 0 radical (unpaired) electrons. The van der Waals surface area contributed by atoms with Gasteiger partial charge >= 0.3 is 5.97 Å². The van der Waals surface area contributed by atoms with Gasteiger partial charge < -0.3 is 9.47 Å². The summed E-state index contributed by atoms with van der Waals surface area (Å²) >= 11 is 0. The molecule has 0 aromatic heterocycles. The second kappa shape index (κ2) is 8.00. The van der Waals surface area contributed by atoms with Crippen molar-refractivity contribution >= 4 is 17.8 Å². The van der Waals surface area contributed by atoms with Crippen LogP contribution in [0, 0.1) is 5.92 Å². The molecule has 1 fully saturated rings. The summed E-state index contributed by atoms with van der Waals surface area (Å²) in [5, 5.41) is 1.13. The van der Waals surface area contributed by atoms with Crippen molar-refractivity contribution in [2.45, 2.75) is 39.2 Å². The fourth-order valence-corrected chi connectivity index (χ4v) is 2.63. The minimum atomic E-state index is -0.804. The van der Waals surface area contributed by atoms with Crippen LogP contribution in [0.15, 0.2) is 24.3 Å². The molecule has 25 heavy (non-hydrogen) atoms. The van der Waals surface area contributed by atoms with Crippen molar-refractivity contribution in [1.82, 2.24) is 10.4 Å². The average molecular weight is 348 g/mol. The van der Waals surface area contributed by atoms with Crippen LogP contribution in [0.4, 0.5) is 0 Å². The second-order valence-electron chi connectivity index (χ2n) is 6.39. The van der Waals surface area contributed by atoms with Crippen LogP contribution in [-0.2, 0) is 19.1 Å². The Balaban J connectivity index is 2.00. The van der Waals surface area contributed by atoms with Crippen LogP contribution >= 0.6 is 0 Å². The smallest absolute Gasteiger partial charge is 0.311 e. The van der Waals surface area contributed by atoms with Crippen molar-refractivity contribution in [3.63, 3.8) is 0 Å². The monoisotopic (exact) mass is 348 g/mol. The predicted molar refractivity (Wildman–Crippen MR) is 90.6 cm³/mol. The number of esters is 1. The molecule has 0 bridgehead atoms. The van der Waals surface area contributed by atoms with Gasteiger partial charge in [0.2, 0.25) is 5.91 Å². The van der Waals surface area contributed by atoms with Gasteiger partial charge in [-0.15, -0.1) is 0 Å². The number of ether oxygens (including phenoxy) is 2. The van der Waals surface area contributed by atoms with Gasteiger partial charge in [0.25, 0.3) is 5.91 Å². The van der Waals surface area contributed by atoms with Crippen LogP contribution in [0.25, 0.3) is 0 Å². The normalized spacial score (nSPS) is 18.5. The first-order valence-electron chi connectivity index (χ1n) is 8.27. The van der Waals surface area contributed by atoms with Crippen LogP contribution in [0.3, 0.4) is 0 Å². The first-order valence-corrected chi connectivity index (χ1v) is 8.27. The van der Waals surface area contributed by atoms with Gasteiger partial charge in [-0.1, -0.05) is 26.0 Å². The molecule has 0 spiro atoms. The lowest BCUT2D eigenvalue weighted by molar-refractivity contribution is -0.159. The lowest BCUT2D eigenvalue weighted by atomic mass is 10.0. The van der Waals surface area contributed by atoms with Gasteiger partial charge in [-0.3, -0.25) is 19.8 Å². The van der Waals surface area contributed by atoms with Gasteiger partial charge in [0.15, 0.2) is 6.10 Å². The van der Waals surface area contributed by atoms with E-state index in [2.05, 4.69) is 24.0 Å². The summed E-state index contributed by atoms with van der Waals surface area (Å²) in [6.45, 7) is 5.86. The molecule has 1 aromatic carbocycles. The summed E-state index contributed by atoms with van der Waals surface area (Å²) in [6.07, 6.45) is -0.802. The number of carbonyl (C=O) groups excluding carboxylic acids is 3. The Morgan fingerprint density at radius 3 is 2.40 bits per heavy atom. The maximum Gasteiger partial charge on any atom is 0.311 e. The minimum Gasteiger partial charge on any atom is -0.481 e. The quantitative estimate of drug-likeness (QED) is 0.818. The number of methoxy groups -OCH3 is 1. The lowest BCUT2D eigenvalue weighted by Gasteiger charge is -2.32. The highest BCUT2D eigenvalue weighted by atomic mass is 16.5. The van der Waals surface area contributed by atoms with Gasteiger partial charge in [0.1, 0.15) is 5.75 Å². The van der Waals surface area contributed by atoms with E-state index in [1.807, 2.05) is 24.3 Å². The first-order chi connectivity index (χ1) is 11.8. The molecule has 2 amide bonds. The molecule has 1 aliphatic heterocycles. The molecular formula is C18H24N2O5. The molecule has 2 unspecified atom stereocenters. The summed E-state index contributed by atoms with van der Waals surface area (Å²) in [5.41, 5.74) is 3.65. The predicted octanol–water partition coefficient (Wildman–Crippen LogP) is 1.63. The third-order valence-electron chi connectivity index (χ3n) is 4.10. The summed E-state index contributed by atoms with van der Waals surface area (Å²) in [4.78, 5) is 35.9. The fourth-order valence-electron chi connectivity index (χ4n) is 2.63. The number of rotatable bonds is 5. The largest absolute Gasteiger partial charge is 0.481 e. The number of carbonyl (C=O) groups is 3. The molecule has 0 aliphatic carbocycles. The molecule has 2 atom stereocenters. The van der Waals surface area contributed by atoms with E-state index < -0.39 is 29.8 Å². The van der Waals surface area contributed by atoms with Crippen molar-refractivity contribution < 1.29 is 23.9 Å². The number of amides is 2. The van der Waals surface area contributed by atoms with Crippen molar-refractivity contribution in [2.75, 3.05) is 13.7 Å². The maximum absolute atomic E-state index is 12.5. The maximum atomic E-state index is 12.5. The van der Waals surface area contributed by atoms with E-state index in [0.29, 0.717) is 11.7 Å². The topological polar surface area (TPSA) is 84.9 Å². The number of hydrogen-bond donors (Lipinski definition) is 1. The number of hydrazine groups is 1. The third kappa shape index (κ3) is 4.71. The van der Waals surface area contributed by atoms with E-state index in [1.54, 1.807) is 6.92 Å². The Kier molecular flexibility index (Phi) is 6.01. The summed E-state index contributed by atoms with van der Waals surface area (Å²) in [7, 11) is 1.26. The molecule has 1 heterocycles. The average Bonchev–Trinajstić information content (AvgIpc) is 2.60. The SMILES string of the molecule is COC(=O)C1CC(=O)NN(C(=O)C(C)Oc2ccc(C(C)C)cc2)C1. The molecule has 1 aliphatic rings. The molecule has 2 rings (SSSR count). The van der Waals surface area contributed by atoms with E-state index in [-0.39, 0.29) is 13.0 Å². The molecule has 136 valence electrons. The Morgan fingerprint density at radius 2 is 1.84 bits per heavy atom. The van der Waals surface area contributed by atoms with Gasteiger partial charge in [-0.2, -0.15) is 0 Å². The van der Waals surface area contributed by atoms with Gasteiger partial charge in [0, 0.05) is 6.42 Å². The highest BCUT2D eigenvalue weighted by molar-refractivity contribution is 5.89. The highest BCUT2D eigenvalue weighted by Crippen LogP contribution is 2.20. The van der Waals surface area contributed by atoms with E-state index >= 15 is 0 Å². The van der Waals surface area contributed by atoms with E-state index in [4.69, 9.17) is 4.74 Å². The zero-order valence-corrected chi connectivity index (χ0v) is 14.9. The second-order valence-corrected chi connectivity index (χ2v) is 6.39. The van der Waals surface area contributed by atoms with Gasteiger partial charge in [-0.25, -0.2) is 5.01 Å². The molecule has 1 aromatic rings. The van der Waals surface area contributed by atoms with Crippen molar-refractivity contribution in [2.24, 2.45) is 5.92 Å². The zero-order chi connectivity index (χ0) is 18.6. The fraction of sp³-hybridized carbons (Fsp3) is 0.500. The van der Waals surface area contributed by atoms with Crippen molar-refractivity contribution in [1.29, 1.82) is 0 Å². The van der Waals surface area contributed by atoms with E-state index in [1.165, 1.54) is 12.7 Å². The zero-order valence-electron chi connectivity index (χ0n) is 14.9. The Bertz CT molecular complexity index is 641. The first kappa shape index (κ1) is 18.8. The number of nitrogens with zero attached hydrogens (tertiary/aromatic N) is 1. The van der Waals surface area contributed by atoms with Crippen molar-refractivity contribution in [3.8, 4) is 5.75 Å². The van der Waals surface area contributed by atoms with Gasteiger partial charge in [0.05, 0.1) is 19.6 Å². The molecule has 0 saturated carbocycles. The number of nitrogens with one attached hydrogen (secondary N) is 1. The Labute approximate surface area is 147 Å². The lowest BCUT2D eigenvalue weighted by Crippen LogP contribution is -2.57. The molecular weight excluding hydrogens is 324 g/mol. The third-order valence-corrected chi connectivity index (χ3v) is 4.10. The Hall–Kier alpha value is -2.57. The number of hydrogen-bond acceptors (Lipinski definition) is 5. The van der Waals surface area contributed by atoms with Crippen LogP contribution in [0.5, 0.6) is 5.75 Å². The molecule has 7 nitrogen and oxygen atoms in total. The van der Waals surface area contributed by atoms with Crippen LogP contribution < -0.4 is 10.2 Å². The summed E-state index contributed by atoms with van der Waals surface area (Å²) < 4.78 is 10.3. The number of benzene rings is 1. The van der Waals surface area contributed by atoms with E-state index in [9.17, 15) is 14.4 Å². The van der Waals surface area contributed by atoms with Crippen LogP contribution in [0.2, 0.25) is 0 Å². The molecule has 1 saturated heterocycles. The molecule has 7 heteroatoms. The standard InChI is InChI=1S/C18H24N2O5/c1-11(2)13-5-7-15(8-6-13)25-12(3)17(22)20-10-14(18(23)24-4)9-16(21)19-20/h5-8,11-12,14H,9-10H2,1-4H3,(H,19,21). The van der Waals surface area contributed by atoms with Crippen LogP contribution in [0.1, 0.15) is 38.7 Å². The Morgan fingerprint density at radius 1 is 1.20 bits per heavy atom. The van der Waals surface area contributed by atoms with E-state index in [0.717, 1.165) is 5.01 Å².